The van der Waals surface area contributed by atoms with Crippen molar-refractivity contribution >= 4 is 16.8 Å². The molecule has 2 N–H and O–H groups in total. The van der Waals surface area contributed by atoms with Crippen molar-refractivity contribution in [3.63, 3.8) is 0 Å². The molecule has 0 saturated carbocycles. The fraction of sp³-hybridized carbons (Fsp3) is 0.273. The number of aromatic amines is 1. The Labute approximate surface area is 157 Å². The first kappa shape index (κ1) is 17.5. The number of hydrogen-bond donors (Lipinski definition) is 2. The van der Waals surface area contributed by atoms with Gasteiger partial charge < -0.3 is 15.0 Å². The van der Waals surface area contributed by atoms with Crippen molar-refractivity contribution in [2.24, 2.45) is 5.92 Å². The van der Waals surface area contributed by atoms with E-state index in [-0.39, 0.29) is 22.9 Å². The number of carbonyl (C=O) groups excluding carboxylic acids is 1. The van der Waals surface area contributed by atoms with Gasteiger partial charge in [0.05, 0.1) is 6.10 Å². The quantitative estimate of drug-likeness (QED) is 0.752. The van der Waals surface area contributed by atoms with Crippen LogP contribution in [0.25, 0.3) is 10.9 Å². The fourth-order valence-corrected chi connectivity index (χ4v) is 3.82. The molecule has 1 amide bonds. The third-order valence-electron chi connectivity index (χ3n) is 5.40. The van der Waals surface area contributed by atoms with Gasteiger partial charge in [-0.15, -0.1) is 0 Å². The molecule has 2 heterocycles. The lowest BCUT2D eigenvalue weighted by molar-refractivity contribution is 0.0461. The lowest BCUT2D eigenvalue weighted by atomic mass is 9.87. The predicted octanol–water partition coefficient (Wildman–Crippen LogP) is 3.11. The molecule has 138 valence electrons. The number of aliphatic hydroxyl groups excluding tert-OH is 1. The van der Waals surface area contributed by atoms with Gasteiger partial charge in [0.15, 0.2) is 0 Å². The normalized spacial score (nSPS) is 16.4. The Balaban J connectivity index is 1.47. The van der Waals surface area contributed by atoms with E-state index in [0.29, 0.717) is 25.9 Å². The van der Waals surface area contributed by atoms with Crippen molar-refractivity contribution < 1.29 is 9.90 Å². The van der Waals surface area contributed by atoms with Crippen LogP contribution in [0.5, 0.6) is 0 Å². The minimum Gasteiger partial charge on any atom is -0.388 e. The molecule has 5 heteroatoms. The number of fused-ring (bicyclic) bond motifs is 1. The van der Waals surface area contributed by atoms with Gasteiger partial charge in [0.25, 0.3) is 11.5 Å². The van der Waals surface area contributed by atoms with Gasteiger partial charge >= 0.3 is 0 Å². The number of carbonyl (C=O) groups is 1. The zero-order valence-electron chi connectivity index (χ0n) is 15.0. The molecule has 27 heavy (non-hydrogen) atoms. The Kier molecular flexibility index (Phi) is 4.77. The van der Waals surface area contributed by atoms with E-state index < -0.39 is 6.10 Å². The molecule has 1 atom stereocenters. The zero-order valence-corrected chi connectivity index (χ0v) is 15.0. The fourth-order valence-electron chi connectivity index (χ4n) is 3.82. The molecule has 1 fully saturated rings. The Morgan fingerprint density at radius 1 is 1.04 bits per heavy atom. The van der Waals surface area contributed by atoms with Crippen LogP contribution in [0.2, 0.25) is 0 Å². The summed E-state index contributed by atoms with van der Waals surface area (Å²) in [6.45, 7) is 1.08. The molecule has 0 radical (unpaired) electrons. The number of likely N-dealkylation sites (tertiary alicyclic amines) is 1. The van der Waals surface area contributed by atoms with Gasteiger partial charge in [0, 0.05) is 18.6 Å². The number of pyridine rings is 1. The van der Waals surface area contributed by atoms with Crippen LogP contribution in [-0.4, -0.2) is 34.0 Å². The second kappa shape index (κ2) is 7.37. The smallest absolute Gasteiger partial charge is 0.261 e. The summed E-state index contributed by atoms with van der Waals surface area (Å²) in [5, 5.41) is 11.4. The molecule has 1 saturated heterocycles. The standard InChI is InChI=1S/C22H22N2O3/c25-20(15-6-2-1-3-7-15)16-10-12-24(13-11-16)22(27)18-14-17-8-4-5-9-19(17)23-21(18)26/h1-9,14,16,20,25H,10-13H2,(H,23,26). The summed E-state index contributed by atoms with van der Waals surface area (Å²) in [7, 11) is 0. The first-order valence-corrected chi connectivity index (χ1v) is 9.28. The minimum absolute atomic E-state index is 0.117. The van der Waals surface area contributed by atoms with E-state index in [4.69, 9.17) is 0 Å². The lowest BCUT2D eigenvalue weighted by Crippen LogP contribution is -2.41. The number of benzene rings is 2. The van der Waals surface area contributed by atoms with Crippen molar-refractivity contribution in [2.75, 3.05) is 13.1 Å². The highest BCUT2D eigenvalue weighted by molar-refractivity contribution is 5.97. The topological polar surface area (TPSA) is 73.4 Å². The highest BCUT2D eigenvalue weighted by Crippen LogP contribution is 2.31. The van der Waals surface area contributed by atoms with Gasteiger partial charge in [0.2, 0.25) is 0 Å². The third kappa shape index (κ3) is 3.51. The molecule has 4 rings (SSSR count). The molecule has 3 aromatic rings. The maximum Gasteiger partial charge on any atom is 0.261 e. The van der Waals surface area contributed by atoms with E-state index >= 15 is 0 Å². The molecule has 5 nitrogen and oxygen atoms in total. The van der Waals surface area contributed by atoms with Crippen molar-refractivity contribution in [1.29, 1.82) is 0 Å². The molecule has 0 spiro atoms. The molecule has 0 aliphatic carbocycles. The first-order chi connectivity index (χ1) is 13.1. The first-order valence-electron chi connectivity index (χ1n) is 9.28. The minimum atomic E-state index is -0.521. The number of aliphatic hydroxyl groups is 1. The van der Waals surface area contributed by atoms with E-state index in [1.165, 1.54) is 0 Å². The summed E-state index contributed by atoms with van der Waals surface area (Å²) in [4.78, 5) is 29.7. The summed E-state index contributed by atoms with van der Waals surface area (Å²) in [5.41, 5.74) is 1.46. The maximum absolute atomic E-state index is 12.9. The average Bonchev–Trinajstić information content (AvgIpc) is 2.73. The number of amides is 1. The summed E-state index contributed by atoms with van der Waals surface area (Å²) in [6, 6.07) is 18.7. The predicted molar refractivity (Wildman–Crippen MR) is 105 cm³/mol. The van der Waals surface area contributed by atoms with E-state index in [0.717, 1.165) is 16.5 Å². The molecule has 1 aliphatic heterocycles. The van der Waals surface area contributed by atoms with Gasteiger partial charge in [-0.25, -0.2) is 0 Å². The number of para-hydroxylation sites is 1. The van der Waals surface area contributed by atoms with E-state index in [2.05, 4.69) is 4.98 Å². The highest BCUT2D eigenvalue weighted by Gasteiger charge is 2.29. The SMILES string of the molecule is O=C(c1cc2ccccc2[nH]c1=O)N1CCC(C(O)c2ccccc2)CC1. The second-order valence-corrected chi connectivity index (χ2v) is 7.08. The molecular weight excluding hydrogens is 340 g/mol. The van der Waals surface area contributed by atoms with Crippen LogP contribution < -0.4 is 5.56 Å². The Hall–Kier alpha value is -2.92. The van der Waals surface area contributed by atoms with Gasteiger partial charge in [-0.3, -0.25) is 9.59 Å². The van der Waals surface area contributed by atoms with Crippen molar-refractivity contribution in [3.8, 4) is 0 Å². The van der Waals surface area contributed by atoms with Crippen LogP contribution in [-0.2, 0) is 0 Å². The number of H-pyrrole nitrogens is 1. The van der Waals surface area contributed by atoms with Crippen LogP contribution in [0.1, 0.15) is 34.9 Å². The molecule has 2 aromatic carbocycles. The van der Waals surface area contributed by atoms with Gasteiger partial charge in [0.1, 0.15) is 5.56 Å². The second-order valence-electron chi connectivity index (χ2n) is 7.08. The van der Waals surface area contributed by atoms with Crippen LogP contribution in [0.15, 0.2) is 65.5 Å². The van der Waals surface area contributed by atoms with Gasteiger partial charge in [-0.05, 0) is 41.8 Å². The Bertz CT molecular complexity index is 1000. The summed E-state index contributed by atoms with van der Waals surface area (Å²) in [5.74, 6) is -0.124. The number of nitrogens with one attached hydrogen (secondary N) is 1. The zero-order chi connectivity index (χ0) is 18.8. The van der Waals surface area contributed by atoms with E-state index in [1.807, 2.05) is 54.6 Å². The van der Waals surface area contributed by atoms with Crippen LogP contribution in [0.4, 0.5) is 0 Å². The van der Waals surface area contributed by atoms with E-state index in [1.54, 1.807) is 11.0 Å². The summed E-state index contributed by atoms with van der Waals surface area (Å²) < 4.78 is 0. The monoisotopic (exact) mass is 362 g/mol. The number of rotatable bonds is 3. The number of nitrogens with zero attached hydrogens (tertiary/aromatic N) is 1. The van der Waals surface area contributed by atoms with Crippen LogP contribution in [0.3, 0.4) is 0 Å². The summed E-state index contributed by atoms with van der Waals surface area (Å²) in [6.07, 6.45) is 0.910. The van der Waals surface area contributed by atoms with Crippen molar-refractivity contribution in [3.05, 3.63) is 82.1 Å². The Morgan fingerprint density at radius 2 is 1.70 bits per heavy atom. The molecular formula is C22H22N2O3. The number of piperidine rings is 1. The van der Waals surface area contributed by atoms with Crippen molar-refractivity contribution in [1.82, 2.24) is 9.88 Å². The lowest BCUT2D eigenvalue weighted by Gasteiger charge is -2.34. The molecule has 1 aliphatic rings. The average molecular weight is 362 g/mol. The number of hydrogen-bond acceptors (Lipinski definition) is 3. The number of aromatic nitrogens is 1. The largest absolute Gasteiger partial charge is 0.388 e. The van der Waals surface area contributed by atoms with E-state index in [9.17, 15) is 14.7 Å². The summed E-state index contributed by atoms with van der Waals surface area (Å²) >= 11 is 0. The third-order valence-corrected chi connectivity index (χ3v) is 5.40. The van der Waals surface area contributed by atoms with Crippen LogP contribution >= 0.6 is 0 Å². The van der Waals surface area contributed by atoms with Crippen LogP contribution in [0, 0.1) is 5.92 Å². The Morgan fingerprint density at radius 3 is 2.44 bits per heavy atom. The van der Waals surface area contributed by atoms with Gasteiger partial charge in [-0.1, -0.05) is 48.5 Å². The maximum atomic E-state index is 12.9. The van der Waals surface area contributed by atoms with Gasteiger partial charge in [-0.2, -0.15) is 0 Å². The van der Waals surface area contributed by atoms with Crippen molar-refractivity contribution in [2.45, 2.75) is 18.9 Å². The highest BCUT2D eigenvalue weighted by atomic mass is 16.3. The molecule has 1 aromatic heterocycles. The molecule has 1 unspecified atom stereocenters. The molecule has 0 bridgehead atoms.